The monoisotopic (exact) mass is 171 g/mol. The Labute approximate surface area is 75.9 Å². The summed E-state index contributed by atoms with van der Waals surface area (Å²) in [6.45, 7) is 12.3. The number of nitrogens with zero attached hydrogens (tertiary/aromatic N) is 1. The molecule has 72 valence electrons. The van der Waals surface area contributed by atoms with Gasteiger partial charge in [-0.25, -0.2) is 0 Å². The van der Waals surface area contributed by atoms with Crippen molar-refractivity contribution in [3.63, 3.8) is 0 Å². The molecule has 0 aliphatic carbocycles. The van der Waals surface area contributed by atoms with E-state index in [1.807, 2.05) is 0 Å². The van der Waals surface area contributed by atoms with E-state index in [1.165, 1.54) is 6.54 Å². The molecule has 1 aliphatic rings. The van der Waals surface area contributed by atoms with Gasteiger partial charge in [0, 0.05) is 19.6 Å². The van der Waals surface area contributed by atoms with E-state index in [4.69, 9.17) is 4.74 Å². The highest BCUT2D eigenvalue weighted by molar-refractivity contribution is 4.73. The third kappa shape index (κ3) is 3.11. The highest BCUT2D eigenvalue weighted by atomic mass is 16.5. The molecular formula is C10H21NO. The maximum atomic E-state index is 5.66. The molecule has 0 radical (unpaired) electrons. The standard InChI is InChI=1S/C10H21NO/c1-8(2)5-11-6-9(3)12-10(4)7-11/h8-10H,5-7H2,1-4H3. The fraction of sp³-hybridized carbons (Fsp3) is 1.00. The molecule has 0 spiro atoms. The average Bonchev–Trinajstić information content (AvgIpc) is 1.81. The van der Waals surface area contributed by atoms with Crippen LogP contribution < -0.4 is 0 Å². The van der Waals surface area contributed by atoms with Gasteiger partial charge in [0.2, 0.25) is 0 Å². The molecule has 0 aromatic rings. The molecule has 0 saturated carbocycles. The van der Waals surface area contributed by atoms with Crippen molar-refractivity contribution in [3.8, 4) is 0 Å². The topological polar surface area (TPSA) is 12.5 Å². The van der Waals surface area contributed by atoms with Crippen molar-refractivity contribution in [1.82, 2.24) is 4.90 Å². The summed E-state index contributed by atoms with van der Waals surface area (Å²) in [4.78, 5) is 2.50. The van der Waals surface area contributed by atoms with Crippen LogP contribution in [-0.2, 0) is 4.74 Å². The Balaban J connectivity index is 2.34. The molecule has 1 fully saturated rings. The van der Waals surface area contributed by atoms with Gasteiger partial charge in [-0.3, -0.25) is 4.90 Å². The second-order valence-electron chi connectivity index (χ2n) is 4.37. The summed E-state index contributed by atoms with van der Waals surface area (Å²) in [7, 11) is 0. The fourth-order valence-corrected chi connectivity index (χ4v) is 1.95. The summed E-state index contributed by atoms with van der Waals surface area (Å²) < 4.78 is 5.66. The predicted octanol–water partition coefficient (Wildman–Crippen LogP) is 1.75. The normalized spacial score (nSPS) is 32.8. The largest absolute Gasteiger partial charge is 0.373 e. The van der Waals surface area contributed by atoms with Crippen LogP contribution in [-0.4, -0.2) is 36.7 Å². The quantitative estimate of drug-likeness (QED) is 0.627. The van der Waals surface area contributed by atoms with Gasteiger partial charge < -0.3 is 4.74 Å². The van der Waals surface area contributed by atoms with Crippen LogP contribution >= 0.6 is 0 Å². The molecule has 2 unspecified atom stereocenters. The lowest BCUT2D eigenvalue weighted by Gasteiger charge is -2.36. The summed E-state index contributed by atoms with van der Waals surface area (Å²) in [5, 5.41) is 0. The van der Waals surface area contributed by atoms with Crippen molar-refractivity contribution in [2.75, 3.05) is 19.6 Å². The fourth-order valence-electron chi connectivity index (χ4n) is 1.95. The van der Waals surface area contributed by atoms with Gasteiger partial charge in [-0.2, -0.15) is 0 Å². The minimum Gasteiger partial charge on any atom is -0.373 e. The summed E-state index contributed by atoms with van der Waals surface area (Å²) in [6.07, 6.45) is 0.819. The number of hydrogen-bond acceptors (Lipinski definition) is 2. The molecule has 1 saturated heterocycles. The predicted molar refractivity (Wildman–Crippen MR) is 51.3 cm³/mol. The molecule has 0 N–H and O–H groups in total. The number of ether oxygens (including phenoxy) is 1. The maximum absolute atomic E-state index is 5.66. The molecule has 0 bridgehead atoms. The average molecular weight is 171 g/mol. The Hall–Kier alpha value is -0.0800. The first-order chi connectivity index (χ1) is 5.58. The smallest absolute Gasteiger partial charge is 0.0678 e. The molecule has 0 aromatic carbocycles. The second kappa shape index (κ2) is 4.24. The molecule has 2 heteroatoms. The van der Waals surface area contributed by atoms with Gasteiger partial charge in [0.1, 0.15) is 0 Å². The number of rotatable bonds is 2. The van der Waals surface area contributed by atoms with Gasteiger partial charge in [0.25, 0.3) is 0 Å². The minimum atomic E-state index is 0.410. The van der Waals surface area contributed by atoms with Crippen LogP contribution in [0.15, 0.2) is 0 Å². The van der Waals surface area contributed by atoms with Gasteiger partial charge in [0.15, 0.2) is 0 Å². The molecule has 1 rings (SSSR count). The second-order valence-corrected chi connectivity index (χ2v) is 4.37. The molecular weight excluding hydrogens is 150 g/mol. The van der Waals surface area contributed by atoms with Gasteiger partial charge in [0.05, 0.1) is 12.2 Å². The first kappa shape index (κ1) is 10.0. The van der Waals surface area contributed by atoms with E-state index < -0.39 is 0 Å². The molecule has 2 nitrogen and oxygen atoms in total. The molecule has 0 aromatic heterocycles. The van der Waals surface area contributed by atoms with E-state index >= 15 is 0 Å². The zero-order chi connectivity index (χ0) is 9.14. The lowest BCUT2D eigenvalue weighted by atomic mass is 10.1. The zero-order valence-electron chi connectivity index (χ0n) is 8.71. The van der Waals surface area contributed by atoms with Crippen LogP contribution in [0.1, 0.15) is 27.7 Å². The lowest BCUT2D eigenvalue weighted by molar-refractivity contribution is -0.0704. The van der Waals surface area contributed by atoms with Crippen LogP contribution in [0, 0.1) is 5.92 Å². The molecule has 12 heavy (non-hydrogen) atoms. The van der Waals surface area contributed by atoms with Crippen molar-refractivity contribution in [2.24, 2.45) is 5.92 Å². The van der Waals surface area contributed by atoms with Crippen LogP contribution in [0.4, 0.5) is 0 Å². The van der Waals surface area contributed by atoms with Gasteiger partial charge in [-0.15, -0.1) is 0 Å². The Morgan fingerprint density at radius 2 is 1.75 bits per heavy atom. The van der Waals surface area contributed by atoms with Gasteiger partial charge in [-0.05, 0) is 19.8 Å². The van der Waals surface area contributed by atoms with E-state index in [1.54, 1.807) is 0 Å². The van der Waals surface area contributed by atoms with Gasteiger partial charge >= 0.3 is 0 Å². The lowest BCUT2D eigenvalue weighted by Crippen LogP contribution is -2.46. The molecule has 0 amide bonds. The highest BCUT2D eigenvalue weighted by Crippen LogP contribution is 2.11. The SMILES string of the molecule is CC(C)CN1CC(C)OC(C)C1. The molecule has 2 atom stereocenters. The Bertz CT molecular complexity index is 123. The third-order valence-electron chi connectivity index (χ3n) is 2.12. The first-order valence-electron chi connectivity index (χ1n) is 4.95. The van der Waals surface area contributed by atoms with Crippen molar-refractivity contribution in [1.29, 1.82) is 0 Å². The first-order valence-corrected chi connectivity index (χ1v) is 4.95. The Morgan fingerprint density at radius 1 is 1.25 bits per heavy atom. The van der Waals surface area contributed by atoms with Gasteiger partial charge in [-0.1, -0.05) is 13.8 Å². The van der Waals surface area contributed by atoms with E-state index in [9.17, 15) is 0 Å². The van der Waals surface area contributed by atoms with Crippen molar-refractivity contribution < 1.29 is 4.74 Å². The summed E-state index contributed by atoms with van der Waals surface area (Å²) in [5.74, 6) is 0.766. The van der Waals surface area contributed by atoms with Crippen molar-refractivity contribution in [2.45, 2.75) is 39.9 Å². The van der Waals surface area contributed by atoms with Crippen LogP contribution in [0.5, 0.6) is 0 Å². The maximum Gasteiger partial charge on any atom is 0.0678 e. The van der Waals surface area contributed by atoms with Crippen LogP contribution in [0.25, 0.3) is 0 Å². The summed E-state index contributed by atoms with van der Waals surface area (Å²) >= 11 is 0. The summed E-state index contributed by atoms with van der Waals surface area (Å²) in [6, 6.07) is 0. The van der Waals surface area contributed by atoms with E-state index in [0.29, 0.717) is 12.2 Å². The Morgan fingerprint density at radius 3 is 2.17 bits per heavy atom. The van der Waals surface area contributed by atoms with E-state index in [0.717, 1.165) is 19.0 Å². The highest BCUT2D eigenvalue weighted by Gasteiger charge is 2.21. The van der Waals surface area contributed by atoms with Crippen molar-refractivity contribution >= 4 is 0 Å². The van der Waals surface area contributed by atoms with E-state index in [2.05, 4.69) is 32.6 Å². The molecule has 1 aliphatic heterocycles. The zero-order valence-corrected chi connectivity index (χ0v) is 8.71. The minimum absolute atomic E-state index is 0.410. The van der Waals surface area contributed by atoms with Crippen LogP contribution in [0.2, 0.25) is 0 Å². The van der Waals surface area contributed by atoms with E-state index in [-0.39, 0.29) is 0 Å². The third-order valence-corrected chi connectivity index (χ3v) is 2.12. The summed E-state index contributed by atoms with van der Waals surface area (Å²) in [5.41, 5.74) is 0. The Kier molecular flexibility index (Phi) is 3.53. The molecule has 1 heterocycles. The number of hydrogen-bond donors (Lipinski definition) is 0. The number of morpholine rings is 1. The van der Waals surface area contributed by atoms with Crippen LogP contribution in [0.3, 0.4) is 0 Å². The van der Waals surface area contributed by atoms with Crippen molar-refractivity contribution in [3.05, 3.63) is 0 Å².